The minimum atomic E-state index is 0.231. The average Bonchev–Trinajstić information content (AvgIpc) is 2.03. The molecule has 0 aliphatic carbocycles. The molecule has 72 valence electrons. The molecule has 0 spiro atoms. The maximum Gasteiger partial charge on any atom is 0.130 e. The average molecular weight is 181 g/mol. The van der Waals surface area contributed by atoms with Gasteiger partial charge < -0.3 is 15.7 Å². The van der Waals surface area contributed by atoms with E-state index in [1.54, 1.807) is 6.07 Å². The van der Waals surface area contributed by atoms with Crippen molar-refractivity contribution in [3.05, 3.63) is 17.8 Å². The number of aromatic nitrogens is 1. The number of rotatable bonds is 3. The quantitative estimate of drug-likeness (QED) is 0.711. The molecule has 0 saturated heterocycles. The van der Waals surface area contributed by atoms with Gasteiger partial charge in [0.2, 0.25) is 0 Å². The molecule has 0 fully saturated rings. The number of nitrogen functional groups attached to an aromatic ring is 1. The van der Waals surface area contributed by atoms with E-state index in [1.807, 2.05) is 19.0 Å². The van der Waals surface area contributed by atoms with E-state index in [9.17, 15) is 5.11 Å². The summed E-state index contributed by atoms with van der Waals surface area (Å²) >= 11 is 0. The Morgan fingerprint density at radius 1 is 1.54 bits per heavy atom. The topological polar surface area (TPSA) is 62.4 Å². The molecule has 0 radical (unpaired) electrons. The molecule has 0 aliphatic rings. The van der Waals surface area contributed by atoms with Crippen LogP contribution in [0.25, 0.3) is 0 Å². The molecule has 4 heteroatoms. The van der Waals surface area contributed by atoms with Gasteiger partial charge in [-0.05, 0) is 26.6 Å². The highest BCUT2D eigenvalue weighted by Gasteiger charge is 2.05. The van der Waals surface area contributed by atoms with E-state index in [4.69, 9.17) is 5.73 Å². The van der Waals surface area contributed by atoms with Crippen LogP contribution in [0.15, 0.2) is 12.3 Å². The zero-order valence-electron chi connectivity index (χ0n) is 7.99. The van der Waals surface area contributed by atoms with Crippen LogP contribution in [0.1, 0.15) is 5.56 Å². The minimum Gasteiger partial charge on any atom is -0.507 e. The van der Waals surface area contributed by atoms with Gasteiger partial charge in [-0.2, -0.15) is 0 Å². The Hall–Kier alpha value is -1.29. The molecule has 4 nitrogen and oxygen atoms in total. The Morgan fingerprint density at radius 3 is 2.77 bits per heavy atom. The Labute approximate surface area is 78.0 Å². The van der Waals surface area contributed by atoms with Crippen molar-refractivity contribution >= 4 is 5.82 Å². The Kier molecular flexibility index (Phi) is 3.08. The van der Waals surface area contributed by atoms with Gasteiger partial charge >= 0.3 is 0 Å². The van der Waals surface area contributed by atoms with Crippen molar-refractivity contribution < 1.29 is 5.11 Å². The summed E-state index contributed by atoms with van der Waals surface area (Å²) in [5.41, 5.74) is 6.35. The maximum absolute atomic E-state index is 9.47. The van der Waals surface area contributed by atoms with Crippen LogP contribution >= 0.6 is 0 Å². The fourth-order valence-electron chi connectivity index (χ4n) is 1.09. The number of likely N-dealkylation sites (N-methyl/N-ethyl adjacent to an activating group) is 1. The lowest BCUT2D eigenvalue weighted by Gasteiger charge is -2.11. The molecule has 1 rings (SSSR count). The van der Waals surface area contributed by atoms with Crippen LogP contribution in [0, 0.1) is 0 Å². The van der Waals surface area contributed by atoms with Gasteiger partial charge in [0.25, 0.3) is 0 Å². The SMILES string of the molecule is CN(C)CCc1c(O)ccnc1N. The number of nitrogens with two attached hydrogens (primary N) is 1. The molecular formula is C9H15N3O. The highest BCUT2D eigenvalue weighted by Crippen LogP contribution is 2.20. The van der Waals surface area contributed by atoms with Crippen LogP contribution in [-0.2, 0) is 6.42 Å². The first-order valence-electron chi connectivity index (χ1n) is 4.18. The number of anilines is 1. The number of nitrogens with zero attached hydrogens (tertiary/aromatic N) is 2. The van der Waals surface area contributed by atoms with Gasteiger partial charge in [0.1, 0.15) is 11.6 Å². The normalized spacial score (nSPS) is 10.7. The van der Waals surface area contributed by atoms with E-state index >= 15 is 0 Å². The number of hydrogen-bond donors (Lipinski definition) is 2. The standard InChI is InChI=1S/C9H15N3O/c1-12(2)6-4-7-8(13)3-5-11-9(7)10/h3,5H,4,6H2,1-2H3,(H3,10,11,13). The third kappa shape index (κ3) is 2.59. The third-order valence-corrected chi connectivity index (χ3v) is 1.87. The lowest BCUT2D eigenvalue weighted by atomic mass is 10.1. The van der Waals surface area contributed by atoms with Gasteiger partial charge in [-0.1, -0.05) is 0 Å². The summed E-state index contributed by atoms with van der Waals surface area (Å²) in [4.78, 5) is 5.95. The van der Waals surface area contributed by atoms with E-state index in [-0.39, 0.29) is 5.75 Å². The fraction of sp³-hybridized carbons (Fsp3) is 0.444. The summed E-state index contributed by atoms with van der Waals surface area (Å²) in [6.07, 6.45) is 2.22. The second-order valence-electron chi connectivity index (χ2n) is 3.25. The molecule has 3 N–H and O–H groups in total. The summed E-state index contributed by atoms with van der Waals surface area (Å²) in [6.45, 7) is 0.851. The molecule has 0 aliphatic heterocycles. The largest absolute Gasteiger partial charge is 0.507 e. The molecule has 0 atom stereocenters. The Balaban J connectivity index is 2.75. The van der Waals surface area contributed by atoms with Crippen LogP contribution in [0.3, 0.4) is 0 Å². The molecule has 0 aromatic carbocycles. The number of hydrogen-bond acceptors (Lipinski definition) is 4. The van der Waals surface area contributed by atoms with Crippen LogP contribution in [0.5, 0.6) is 5.75 Å². The summed E-state index contributed by atoms with van der Waals surface area (Å²) in [7, 11) is 3.95. The van der Waals surface area contributed by atoms with Gasteiger partial charge in [-0.3, -0.25) is 0 Å². The molecule has 1 heterocycles. The van der Waals surface area contributed by atoms with Crippen LogP contribution < -0.4 is 5.73 Å². The fourth-order valence-corrected chi connectivity index (χ4v) is 1.09. The molecule has 0 bridgehead atoms. The summed E-state index contributed by atoms with van der Waals surface area (Å²) in [6, 6.07) is 1.56. The molecule has 0 saturated carbocycles. The molecule has 13 heavy (non-hydrogen) atoms. The van der Waals surface area contributed by atoms with Gasteiger partial charge in [0.05, 0.1) is 0 Å². The van der Waals surface area contributed by atoms with Crippen molar-refractivity contribution in [3.8, 4) is 5.75 Å². The van der Waals surface area contributed by atoms with E-state index in [1.165, 1.54) is 6.20 Å². The number of pyridine rings is 1. The van der Waals surface area contributed by atoms with Crippen LogP contribution in [-0.4, -0.2) is 35.6 Å². The second-order valence-corrected chi connectivity index (χ2v) is 3.25. The van der Waals surface area contributed by atoms with E-state index in [0.29, 0.717) is 5.82 Å². The summed E-state index contributed by atoms with van der Waals surface area (Å²) in [5, 5.41) is 9.47. The van der Waals surface area contributed by atoms with E-state index < -0.39 is 0 Å². The first kappa shape index (κ1) is 9.80. The van der Waals surface area contributed by atoms with Crippen molar-refractivity contribution in [1.29, 1.82) is 0 Å². The molecule has 1 aromatic heterocycles. The van der Waals surface area contributed by atoms with Crippen molar-refractivity contribution in [2.75, 3.05) is 26.4 Å². The van der Waals surface area contributed by atoms with E-state index in [2.05, 4.69) is 4.98 Å². The number of aromatic hydroxyl groups is 1. The summed E-state index contributed by atoms with van der Waals surface area (Å²) in [5.74, 6) is 0.649. The zero-order valence-corrected chi connectivity index (χ0v) is 7.99. The first-order valence-corrected chi connectivity index (χ1v) is 4.18. The van der Waals surface area contributed by atoms with Crippen molar-refractivity contribution in [2.45, 2.75) is 6.42 Å². The second kappa shape index (κ2) is 4.09. The molecular weight excluding hydrogens is 166 g/mol. The zero-order chi connectivity index (χ0) is 9.84. The summed E-state index contributed by atoms with van der Waals surface area (Å²) < 4.78 is 0. The van der Waals surface area contributed by atoms with Crippen LogP contribution in [0.2, 0.25) is 0 Å². The van der Waals surface area contributed by atoms with Crippen molar-refractivity contribution in [1.82, 2.24) is 9.88 Å². The Bertz CT molecular complexity index is 266. The Morgan fingerprint density at radius 2 is 2.23 bits per heavy atom. The molecule has 0 amide bonds. The lowest BCUT2D eigenvalue weighted by Crippen LogP contribution is -2.16. The maximum atomic E-state index is 9.47. The van der Waals surface area contributed by atoms with E-state index in [0.717, 1.165) is 18.5 Å². The van der Waals surface area contributed by atoms with Gasteiger partial charge in [0, 0.05) is 18.3 Å². The molecule has 1 aromatic rings. The van der Waals surface area contributed by atoms with Crippen molar-refractivity contribution in [2.24, 2.45) is 0 Å². The van der Waals surface area contributed by atoms with Gasteiger partial charge in [-0.25, -0.2) is 4.98 Å². The lowest BCUT2D eigenvalue weighted by molar-refractivity contribution is 0.406. The minimum absolute atomic E-state index is 0.231. The monoisotopic (exact) mass is 181 g/mol. The van der Waals surface area contributed by atoms with Crippen molar-refractivity contribution in [3.63, 3.8) is 0 Å². The van der Waals surface area contributed by atoms with Gasteiger partial charge in [-0.15, -0.1) is 0 Å². The highest BCUT2D eigenvalue weighted by molar-refractivity contribution is 5.47. The van der Waals surface area contributed by atoms with Gasteiger partial charge in [0.15, 0.2) is 0 Å². The first-order chi connectivity index (χ1) is 6.11. The third-order valence-electron chi connectivity index (χ3n) is 1.87. The van der Waals surface area contributed by atoms with Crippen LogP contribution in [0.4, 0.5) is 5.82 Å². The predicted molar refractivity (Wildman–Crippen MR) is 52.6 cm³/mol. The predicted octanol–water partition coefficient (Wildman–Crippen LogP) is 0.473. The smallest absolute Gasteiger partial charge is 0.130 e. The molecule has 0 unspecified atom stereocenters. The highest BCUT2D eigenvalue weighted by atomic mass is 16.3.